The van der Waals surface area contributed by atoms with Gasteiger partial charge in [-0.3, -0.25) is 0 Å². The van der Waals surface area contributed by atoms with Gasteiger partial charge in [0.05, 0.1) is 18.9 Å². The third-order valence-corrected chi connectivity index (χ3v) is 2.80. The van der Waals surface area contributed by atoms with Crippen molar-refractivity contribution in [3.8, 4) is 5.88 Å². The minimum absolute atomic E-state index is 0.531. The van der Waals surface area contributed by atoms with Crippen LogP contribution in [0.5, 0.6) is 5.88 Å². The van der Waals surface area contributed by atoms with Crippen LogP contribution < -0.4 is 15.8 Å². The summed E-state index contributed by atoms with van der Waals surface area (Å²) in [6.07, 6.45) is 2.51. The molecule has 1 heterocycles. The smallest absolute Gasteiger partial charge is 0.239 e. The van der Waals surface area contributed by atoms with E-state index in [9.17, 15) is 0 Å². The topological polar surface area (TPSA) is 69.4 Å². The average Bonchev–Trinajstić information content (AvgIpc) is 3.19. The molecule has 18 heavy (non-hydrogen) atoms. The van der Waals surface area contributed by atoms with Gasteiger partial charge in [0, 0.05) is 13.2 Å². The molecule has 1 aliphatic carbocycles. The highest BCUT2D eigenvalue weighted by Crippen LogP contribution is 2.30. The van der Waals surface area contributed by atoms with Gasteiger partial charge in [0.15, 0.2) is 0 Å². The number of rotatable bonds is 8. The number of aromatic nitrogens is 1. The Morgan fingerprint density at radius 2 is 2.28 bits per heavy atom. The molecule has 3 N–H and O–H groups in total. The Bertz CT molecular complexity index is 380. The standard InChI is InChI=1S/C13H21N3O2/c1-2-17-8-7-15-12-6-5-11(14)13(16-12)18-9-10-3-4-10/h5-6,10H,2-4,7-9,14H2,1H3,(H,15,16). The second-order valence-corrected chi connectivity index (χ2v) is 4.47. The van der Waals surface area contributed by atoms with Gasteiger partial charge in [0.25, 0.3) is 0 Å². The zero-order chi connectivity index (χ0) is 12.8. The molecule has 1 aromatic heterocycles. The number of nitrogens with zero attached hydrogens (tertiary/aromatic N) is 1. The summed E-state index contributed by atoms with van der Waals surface area (Å²) < 4.78 is 10.9. The van der Waals surface area contributed by atoms with Crippen LogP contribution in [0.2, 0.25) is 0 Å². The maximum atomic E-state index is 5.83. The second-order valence-electron chi connectivity index (χ2n) is 4.47. The average molecular weight is 251 g/mol. The van der Waals surface area contributed by atoms with E-state index in [1.807, 2.05) is 19.1 Å². The first-order valence-corrected chi connectivity index (χ1v) is 6.50. The predicted octanol–water partition coefficient (Wildman–Crippen LogP) is 1.90. The largest absolute Gasteiger partial charge is 0.476 e. The Hall–Kier alpha value is -1.49. The predicted molar refractivity (Wildman–Crippen MR) is 71.9 cm³/mol. The first kappa shape index (κ1) is 13.0. The van der Waals surface area contributed by atoms with Crippen LogP contribution in [0.25, 0.3) is 0 Å². The van der Waals surface area contributed by atoms with Gasteiger partial charge >= 0.3 is 0 Å². The molecule has 1 saturated carbocycles. The SMILES string of the molecule is CCOCCNc1ccc(N)c(OCC2CC2)n1. The number of hydrogen-bond acceptors (Lipinski definition) is 5. The van der Waals surface area contributed by atoms with E-state index in [2.05, 4.69) is 10.3 Å². The van der Waals surface area contributed by atoms with Gasteiger partial charge in [0.1, 0.15) is 5.82 Å². The van der Waals surface area contributed by atoms with Crippen LogP contribution in [0.15, 0.2) is 12.1 Å². The van der Waals surface area contributed by atoms with Gasteiger partial charge in [-0.15, -0.1) is 0 Å². The molecule has 0 bridgehead atoms. The summed E-state index contributed by atoms with van der Waals surface area (Å²) in [6, 6.07) is 3.67. The zero-order valence-corrected chi connectivity index (χ0v) is 10.8. The Labute approximate surface area is 108 Å². The molecule has 2 rings (SSSR count). The van der Waals surface area contributed by atoms with Crippen LogP contribution in [0, 0.1) is 5.92 Å². The summed E-state index contributed by atoms with van der Waals surface area (Å²) >= 11 is 0. The van der Waals surface area contributed by atoms with Crippen molar-refractivity contribution in [3.05, 3.63) is 12.1 Å². The van der Waals surface area contributed by atoms with Crippen molar-refractivity contribution in [1.29, 1.82) is 0 Å². The van der Waals surface area contributed by atoms with E-state index in [1.54, 1.807) is 0 Å². The lowest BCUT2D eigenvalue weighted by molar-refractivity contribution is 0.158. The zero-order valence-electron chi connectivity index (χ0n) is 10.8. The van der Waals surface area contributed by atoms with E-state index in [0.29, 0.717) is 24.1 Å². The maximum Gasteiger partial charge on any atom is 0.239 e. The number of nitrogens with two attached hydrogens (primary N) is 1. The molecular formula is C13H21N3O2. The molecule has 0 atom stereocenters. The fraction of sp³-hybridized carbons (Fsp3) is 0.615. The molecule has 0 aromatic carbocycles. The molecule has 0 aliphatic heterocycles. The summed E-state index contributed by atoms with van der Waals surface area (Å²) in [4.78, 5) is 4.36. The van der Waals surface area contributed by atoms with E-state index in [-0.39, 0.29) is 0 Å². The van der Waals surface area contributed by atoms with Crippen molar-refractivity contribution in [2.45, 2.75) is 19.8 Å². The highest BCUT2D eigenvalue weighted by atomic mass is 16.5. The van der Waals surface area contributed by atoms with Gasteiger partial charge < -0.3 is 20.5 Å². The van der Waals surface area contributed by atoms with Crippen LogP contribution in [-0.2, 0) is 4.74 Å². The summed E-state index contributed by atoms with van der Waals surface area (Å²) in [5.74, 6) is 2.00. The molecule has 0 saturated heterocycles. The van der Waals surface area contributed by atoms with Crippen molar-refractivity contribution in [2.24, 2.45) is 5.92 Å². The van der Waals surface area contributed by atoms with Crippen LogP contribution in [0.1, 0.15) is 19.8 Å². The molecule has 0 unspecified atom stereocenters. The number of nitrogen functional groups attached to an aromatic ring is 1. The third kappa shape index (κ3) is 4.07. The van der Waals surface area contributed by atoms with Gasteiger partial charge in [-0.2, -0.15) is 4.98 Å². The molecule has 5 heteroatoms. The Morgan fingerprint density at radius 1 is 1.44 bits per heavy atom. The van der Waals surface area contributed by atoms with E-state index < -0.39 is 0 Å². The lowest BCUT2D eigenvalue weighted by atomic mass is 10.4. The Morgan fingerprint density at radius 3 is 3.00 bits per heavy atom. The maximum absolute atomic E-state index is 5.83. The van der Waals surface area contributed by atoms with E-state index in [1.165, 1.54) is 12.8 Å². The van der Waals surface area contributed by atoms with Gasteiger partial charge in [-0.05, 0) is 37.8 Å². The first-order valence-electron chi connectivity index (χ1n) is 6.50. The van der Waals surface area contributed by atoms with Gasteiger partial charge in [-0.1, -0.05) is 0 Å². The van der Waals surface area contributed by atoms with Crippen LogP contribution in [0.3, 0.4) is 0 Å². The van der Waals surface area contributed by atoms with Gasteiger partial charge in [-0.25, -0.2) is 0 Å². The molecule has 0 amide bonds. The molecule has 0 spiro atoms. The lowest BCUT2D eigenvalue weighted by Gasteiger charge is -2.10. The minimum Gasteiger partial charge on any atom is -0.476 e. The second kappa shape index (κ2) is 6.44. The highest BCUT2D eigenvalue weighted by molar-refractivity contribution is 5.53. The number of hydrogen-bond donors (Lipinski definition) is 2. The van der Waals surface area contributed by atoms with Crippen molar-refractivity contribution in [1.82, 2.24) is 4.98 Å². The van der Waals surface area contributed by atoms with E-state index in [0.717, 1.165) is 25.6 Å². The molecular weight excluding hydrogens is 230 g/mol. The normalized spacial score (nSPS) is 14.5. The van der Waals surface area contributed by atoms with Crippen molar-refractivity contribution in [3.63, 3.8) is 0 Å². The number of ether oxygens (including phenoxy) is 2. The summed E-state index contributed by atoms with van der Waals surface area (Å²) in [5.41, 5.74) is 6.42. The molecule has 5 nitrogen and oxygen atoms in total. The molecule has 1 aliphatic rings. The van der Waals surface area contributed by atoms with Crippen LogP contribution in [0.4, 0.5) is 11.5 Å². The quantitative estimate of drug-likeness (QED) is 0.691. The minimum atomic E-state index is 0.531. The van der Waals surface area contributed by atoms with E-state index in [4.69, 9.17) is 15.2 Å². The summed E-state index contributed by atoms with van der Waals surface area (Å²) in [6.45, 7) is 4.82. The number of pyridine rings is 1. The molecule has 1 fully saturated rings. The lowest BCUT2D eigenvalue weighted by Crippen LogP contribution is -2.11. The van der Waals surface area contributed by atoms with E-state index >= 15 is 0 Å². The number of anilines is 2. The highest BCUT2D eigenvalue weighted by Gasteiger charge is 2.22. The van der Waals surface area contributed by atoms with Crippen molar-refractivity contribution < 1.29 is 9.47 Å². The fourth-order valence-corrected chi connectivity index (χ4v) is 1.54. The first-order chi connectivity index (χ1) is 8.79. The van der Waals surface area contributed by atoms with Gasteiger partial charge in [0.2, 0.25) is 5.88 Å². The molecule has 1 aromatic rings. The Kier molecular flexibility index (Phi) is 4.64. The van der Waals surface area contributed by atoms with Crippen LogP contribution >= 0.6 is 0 Å². The summed E-state index contributed by atoms with van der Waals surface area (Å²) in [7, 11) is 0. The molecule has 0 radical (unpaired) electrons. The third-order valence-electron chi connectivity index (χ3n) is 2.80. The summed E-state index contributed by atoms with van der Waals surface area (Å²) in [5, 5.41) is 3.18. The van der Waals surface area contributed by atoms with Crippen LogP contribution in [-0.4, -0.2) is 31.3 Å². The molecule has 100 valence electrons. The fourth-order valence-electron chi connectivity index (χ4n) is 1.54. The number of nitrogens with one attached hydrogen (secondary N) is 1. The van der Waals surface area contributed by atoms with Crippen molar-refractivity contribution in [2.75, 3.05) is 37.4 Å². The monoisotopic (exact) mass is 251 g/mol. The van der Waals surface area contributed by atoms with Crippen molar-refractivity contribution >= 4 is 11.5 Å². The Balaban J connectivity index is 1.83.